The lowest BCUT2D eigenvalue weighted by molar-refractivity contribution is 0.466. The molecule has 1 N–H and O–H groups in total. The van der Waals surface area contributed by atoms with Crippen molar-refractivity contribution in [3.05, 3.63) is 31.4 Å². The van der Waals surface area contributed by atoms with Gasteiger partial charge < -0.3 is 5.32 Å². The predicted octanol–water partition coefficient (Wildman–Crippen LogP) is 4.73. The molecule has 2 aromatic heterocycles. The summed E-state index contributed by atoms with van der Waals surface area (Å²) in [5.41, 5.74) is 0. The number of hydrogen-bond donors (Lipinski definition) is 1. The quantitative estimate of drug-likeness (QED) is 0.683. The topological polar surface area (TPSA) is 42.7 Å². The van der Waals surface area contributed by atoms with Crippen LogP contribution in [-0.4, -0.2) is 21.3 Å². The van der Waals surface area contributed by atoms with E-state index in [1.165, 1.54) is 4.88 Å². The van der Waals surface area contributed by atoms with E-state index in [1.807, 2.05) is 4.68 Å². The van der Waals surface area contributed by atoms with Crippen molar-refractivity contribution in [2.45, 2.75) is 45.7 Å². The molecule has 0 fully saturated rings. The van der Waals surface area contributed by atoms with Gasteiger partial charge in [-0.3, -0.25) is 0 Å². The molecule has 116 valence electrons. The summed E-state index contributed by atoms with van der Waals surface area (Å²) in [7, 11) is 0. The molecule has 0 aliphatic carbocycles. The van der Waals surface area contributed by atoms with Crippen LogP contribution in [0.15, 0.2) is 20.7 Å². The van der Waals surface area contributed by atoms with Crippen molar-refractivity contribution in [1.82, 2.24) is 20.1 Å². The zero-order valence-corrected chi connectivity index (χ0v) is 16.4. The van der Waals surface area contributed by atoms with Crippen LogP contribution in [0, 0.1) is 0 Å². The number of aromatic nitrogens is 3. The van der Waals surface area contributed by atoms with Gasteiger partial charge in [-0.05, 0) is 64.7 Å². The van der Waals surface area contributed by atoms with E-state index in [0.717, 1.165) is 33.5 Å². The van der Waals surface area contributed by atoms with Crippen LogP contribution in [0.3, 0.4) is 0 Å². The molecule has 4 nitrogen and oxygen atoms in total. The first kappa shape index (κ1) is 17.1. The number of rotatable bonds is 7. The Balaban J connectivity index is 2.21. The molecule has 2 aromatic rings. The average Bonchev–Trinajstić information content (AvgIpc) is 3.02. The molecule has 0 aliphatic rings. The smallest absolute Gasteiger partial charge is 0.138 e. The summed E-state index contributed by atoms with van der Waals surface area (Å²) in [5.74, 6) is 1.03. The maximum atomic E-state index is 4.43. The van der Waals surface area contributed by atoms with E-state index in [-0.39, 0.29) is 6.04 Å². The monoisotopic (exact) mass is 434 g/mol. The normalized spacial score (nSPS) is 13.0. The lowest BCUT2D eigenvalue weighted by Crippen LogP contribution is -2.25. The Morgan fingerprint density at radius 1 is 1.38 bits per heavy atom. The fraction of sp³-hybridized carbons (Fsp3) is 0.571. The number of hydrogen-bond acceptors (Lipinski definition) is 4. The molecule has 7 heteroatoms. The van der Waals surface area contributed by atoms with E-state index in [9.17, 15) is 0 Å². The van der Waals surface area contributed by atoms with E-state index >= 15 is 0 Å². The van der Waals surface area contributed by atoms with Gasteiger partial charge in [-0.15, -0.1) is 11.3 Å². The Labute approximate surface area is 146 Å². The minimum Gasteiger partial charge on any atom is -0.309 e. The maximum absolute atomic E-state index is 4.43. The Kier molecular flexibility index (Phi) is 6.40. The lowest BCUT2D eigenvalue weighted by Gasteiger charge is -2.18. The minimum atomic E-state index is 0.263. The fourth-order valence-corrected chi connectivity index (χ4v) is 4.33. The van der Waals surface area contributed by atoms with Gasteiger partial charge in [0.1, 0.15) is 12.2 Å². The van der Waals surface area contributed by atoms with Crippen LogP contribution < -0.4 is 5.32 Å². The summed E-state index contributed by atoms with van der Waals surface area (Å²) >= 11 is 8.91. The van der Waals surface area contributed by atoms with Crippen LogP contribution in [0.2, 0.25) is 0 Å². The van der Waals surface area contributed by atoms with E-state index in [4.69, 9.17) is 0 Å². The number of nitrogens with zero attached hydrogens (tertiary/aromatic N) is 3. The van der Waals surface area contributed by atoms with Crippen molar-refractivity contribution in [2.75, 3.05) is 6.54 Å². The van der Waals surface area contributed by atoms with Gasteiger partial charge in [0.2, 0.25) is 0 Å². The largest absolute Gasteiger partial charge is 0.309 e. The molecule has 0 spiro atoms. The summed E-state index contributed by atoms with van der Waals surface area (Å²) in [6.45, 7) is 7.44. The highest BCUT2D eigenvalue weighted by Gasteiger charge is 2.19. The second kappa shape index (κ2) is 7.85. The van der Waals surface area contributed by atoms with E-state index in [1.54, 1.807) is 17.7 Å². The van der Waals surface area contributed by atoms with Crippen LogP contribution >= 0.6 is 43.2 Å². The summed E-state index contributed by atoms with van der Waals surface area (Å²) in [4.78, 5) is 5.74. The zero-order chi connectivity index (χ0) is 15.4. The summed E-state index contributed by atoms with van der Waals surface area (Å²) in [5, 5.41) is 7.95. The molecule has 21 heavy (non-hydrogen) atoms. The number of halogens is 2. The summed E-state index contributed by atoms with van der Waals surface area (Å²) < 4.78 is 4.24. The third-order valence-corrected chi connectivity index (χ3v) is 6.54. The van der Waals surface area contributed by atoms with Gasteiger partial charge in [-0.25, -0.2) is 9.67 Å². The highest BCUT2D eigenvalue weighted by Crippen LogP contribution is 2.36. The summed E-state index contributed by atoms with van der Waals surface area (Å²) in [6, 6.07) is 2.77. The van der Waals surface area contributed by atoms with E-state index in [2.05, 4.69) is 74.1 Å². The second-order valence-electron chi connectivity index (χ2n) is 5.20. The summed E-state index contributed by atoms with van der Waals surface area (Å²) in [6.07, 6.45) is 3.60. The Morgan fingerprint density at radius 2 is 2.14 bits per heavy atom. The predicted molar refractivity (Wildman–Crippen MR) is 94.9 cm³/mol. The van der Waals surface area contributed by atoms with E-state index in [0.29, 0.717) is 6.04 Å². The standard InChI is InChI=1S/C14H20Br2N4S/c1-4-5-17-11(12-6-10(15)14(16)21-12)7-13-18-8-19-20(13)9(2)3/h6,8-9,11,17H,4-5,7H2,1-3H3. The number of nitrogens with one attached hydrogen (secondary N) is 1. The molecule has 0 amide bonds. The van der Waals surface area contributed by atoms with Crippen molar-refractivity contribution in [2.24, 2.45) is 0 Å². The van der Waals surface area contributed by atoms with Crippen molar-refractivity contribution < 1.29 is 0 Å². The molecule has 0 aromatic carbocycles. The maximum Gasteiger partial charge on any atom is 0.138 e. The van der Waals surface area contributed by atoms with Crippen LogP contribution in [-0.2, 0) is 6.42 Å². The molecule has 2 rings (SSSR count). The van der Waals surface area contributed by atoms with Crippen molar-refractivity contribution in [3.8, 4) is 0 Å². The van der Waals surface area contributed by atoms with Gasteiger partial charge in [0.05, 0.1) is 3.79 Å². The Morgan fingerprint density at radius 3 is 2.71 bits per heavy atom. The minimum absolute atomic E-state index is 0.263. The second-order valence-corrected chi connectivity index (χ2v) is 8.45. The lowest BCUT2D eigenvalue weighted by atomic mass is 10.1. The molecule has 0 saturated heterocycles. The molecule has 2 heterocycles. The Bertz CT molecular complexity index is 560. The van der Waals surface area contributed by atoms with Gasteiger partial charge in [0, 0.05) is 27.9 Å². The van der Waals surface area contributed by atoms with Gasteiger partial charge in [0.25, 0.3) is 0 Å². The third kappa shape index (κ3) is 4.37. The SMILES string of the molecule is CCCNC(Cc1ncnn1C(C)C)c1cc(Br)c(Br)s1. The molecule has 1 atom stereocenters. The van der Waals surface area contributed by atoms with Gasteiger partial charge in [0.15, 0.2) is 0 Å². The molecular formula is C14H20Br2N4S. The average molecular weight is 436 g/mol. The van der Waals surface area contributed by atoms with Crippen molar-refractivity contribution in [1.29, 1.82) is 0 Å². The van der Waals surface area contributed by atoms with Crippen molar-refractivity contribution in [3.63, 3.8) is 0 Å². The van der Waals surface area contributed by atoms with Crippen LogP contribution in [0.5, 0.6) is 0 Å². The molecule has 1 unspecified atom stereocenters. The molecule has 0 bridgehead atoms. The highest BCUT2D eigenvalue weighted by atomic mass is 79.9. The molecule has 0 aliphatic heterocycles. The fourth-order valence-electron chi connectivity index (χ4n) is 2.16. The first-order chi connectivity index (χ1) is 10.0. The van der Waals surface area contributed by atoms with Gasteiger partial charge in [-0.1, -0.05) is 6.92 Å². The van der Waals surface area contributed by atoms with E-state index < -0.39 is 0 Å². The highest BCUT2D eigenvalue weighted by molar-refractivity contribution is 9.13. The van der Waals surface area contributed by atoms with Crippen molar-refractivity contribution >= 4 is 43.2 Å². The molecule has 0 radical (unpaired) electrons. The first-order valence-corrected chi connectivity index (χ1v) is 9.49. The molecular weight excluding hydrogens is 416 g/mol. The third-order valence-electron chi connectivity index (χ3n) is 3.17. The Hall–Kier alpha value is -0.240. The van der Waals surface area contributed by atoms with Crippen LogP contribution in [0.4, 0.5) is 0 Å². The molecule has 0 saturated carbocycles. The van der Waals surface area contributed by atoms with Crippen LogP contribution in [0.25, 0.3) is 0 Å². The van der Waals surface area contributed by atoms with Gasteiger partial charge >= 0.3 is 0 Å². The number of thiophene rings is 1. The zero-order valence-electron chi connectivity index (χ0n) is 12.4. The van der Waals surface area contributed by atoms with Crippen LogP contribution in [0.1, 0.15) is 50.0 Å². The first-order valence-electron chi connectivity index (χ1n) is 7.09. The van der Waals surface area contributed by atoms with Gasteiger partial charge in [-0.2, -0.15) is 5.10 Å².